The van der Waals surface area contributed by atoms with Gasteiger partial charge in [-0.05, 0) is 64.9 Å². The van der Waals surface area contributed by atoms with E-state index < -0.39 is 0 Å². The van der Waals surface area contributed by atoms with Crippen LogP contribution < -0.4 is 10.1 Å². The van der Waals surface area contributed by atoms with Crippen LogP contribution >= 0.6 is 0 Å². The molecule has 0 aliphatic rings. The Hall–Kier alpha value is -3.66. The fourth-order valence-corrected chi connectivity index (χ4v) is 4.24. The molecule has 2 N–H and O–H groups in total. The van der Waals surface area contributed by atoms with Crippen molar-refractivity contribution in [2.24, 2.45) is 0 Å². The lowest BCUT2D eigenvalue weighted by Crippen LogP contribution is -2.27. The Balaban J connectivity index is 1.62. The number of nitrogens with one attached hydrogen (secondary N) is 1. The average molecular weight is 478 g/mol. The first-order valence-corrected chi connectivity index (χ1v) is 12.8. The minimum Gasteiger partial charge on any atom is -0.494 e. The summed E-state index contributed by atoms with van der Waals surface area (Å²) in [4.78, 5) is 0. The maximum Gasteiger partial charge on any atom is 0.119 e. The van der Waals surface area contributed by atoms with Gasteiger partial charge in [-0.25, -0.2) is 0 Å². The molecular weight excluding hydrogens is 442 g/mol. The standard InChI is InChI=1S/C33H35NO2/c1-2-30(35)25-34-23-12-24-36-31-21-19-29(20-22-31)33(28-17-10-5-11-18-28)32(26-13-6-3-7-14-26)27-15-8-4-9-16-27/h3-11,13-22,30,34-35H,2,12,23-25H2,1H3. The van der Waals surface area contributed by atoms with Gasteiger partial charge in [0, 0.05) is 6.54 Å². The summed E-state index contributed by atoms with van der Waals surface area (Å²) in [5.74, 6) is 0.862. The minimum atomic E-state index is -0.276. The lowest BCUT2D eigenvalue weighted by atomic mass is 9.86. The van der Waals surface area contributed by atoms with E-state index in [1.165, 1.54) is 27.8 Å². The van der Waals surface area contributed by atoms with E-state index in [9.17, 15) is 5.11 Å². The fourth-order valence-electron chi connectivity index (χ4n) is 4.24. The third-order valence-electron chi connectivity index (χ3n) is 6.20. The highest BCUT2D eigenvalue weighted by Gasteiger charge is 2.16. The normalized spacial score (nSPS) is 11.6. The Morgan fingerprint density at radius 1 is 0.667 bits per heavy atom. The second-order valence-electron chi connectivity index (χ2n) is 8.84. The predicted molar refractivity (Wildman–Crippen MR) is 150 cm³/mol. The first-order valence-electron chi connectivity index (χ1n) is 12.8. The molecule has 184 valence electrons. The van der Waals surface area contributed by atoms with E-state index in [4.69, 9.17) is 4.74 Å². The molecule has 0 aromatic heterocycles. The lowest BCUT2D eigenvalue weighted by molar-refractivity contribution is 0.166. The summed E-state index contributed by atoms with van der Waals surface area (Å²) in [6.45, 7) is 4.08. The first-order chi connectivity index (χ1) is 17.8. The molecule has 1 atom stereocenters. The van der Waals surface area contributed by atoms with E-state index in [-0.39, 0.29) is 6.10 Å². The van der Waals surface area contributed by atoms with E-state index in [1.807, 2.05) is 6.92 Å². The summed E-state index contributed by atoms with van der Waals surface area (Å²) in [7, 11) is 0. The van der Waals surface area contributed by atoms with E-state index in [0.717, 1.165) is 30.7 Å². The van der Waals surface area contributed by atoms with E-state index in [1.54, 1.807) is 0 Å². The van der Waals surface area contributed by atoms with Crippen molar-refractivity contribution in [1.29, 1.82) is 0 Å². The lowest BCUT2D eigenvalue weighted by Gasteiger charge is -2.18. The Morgan fingerprint density at radius 3 is 1.56 bits per heavy atom. The van der Waals surface area contributed by atoms with Gasteiger partial charge in [0.15, 0.2) is 0 Å². The van der Waals surface area contributed by atoms with Crippen LogP contribution in [0.25, 0.3) is 11.1 Å². The first kappa shape index (κ1) is 25.4. The van der Waals surface area contributed by atoms with Crippen LogP contribution in [0.1, 0.15) is 42.0 Å². The quantitative estimate of drug-likeness (QED) is 0.174. The Kier molecular flexibility index (Phi) is 9.49. The summed E-state index contributed by atoms with van der Waals surface area (Å²) in [6, 6.07) is 40.2. The average Bonchev–Trinajstić information content (AvgIpc) is 2.95. The number of hydrogen-bond donors (Lipinski definition) is 2. The van der Waals surface area contributed by atoms with Gasteiger partial charge in [0.05, 0.1) is 12.7 Å². The molecule has 0 fully saturated rings. The molecule has 3 nitrogen and oxygen atoms in total. The van der Waals surface area contributed by atoms with Crippen LogP contribution in [0, 0.1) is 0 Å². The fraction of sp³-hybridized carbons (Fsp3) is 0.212. The molecule has 0 saturated heterocycles. The molecule has 1 unspecified atom stereocenters. The van der Waals surface area contributed by atoms with Gasteiger partial charge < -0.3 is 15.2 Å². The van der Waals surface area contributed by atoms with Crippen LogP contribution in [0.3, 0.4) is 0 Å². The van der Waals surface area contributed by atoms with Crippen molar-refractivity contribution in [2.45, 2.75) is 25.9 Å². The molecule has 0 spiro atoms. The Labute approximate surface area is 215 Å². The summed E-state index contributed by atoms with van der Waals surface area (Å²) >= 11 is 0. The van der Waals surface area contributed by atoms with Gasteiger partial charge in [0.2, 0.25) is 0 Å². The monoisotopic (exact) mass is 477 g/mol. The van der Waals surface area contributed by atoms with E-state index in [2.05, 4.69) is 121 Å². The third kappa shape index (κ3) is 6.94. The number of aliphatic hydroxyl groups is 1. The van der Waals surface area contributed by atoms with Crippen molar-refractivity contribution in [3.63, 3.8) is 0 Å². The maximum absolute atomic E-state index is 9.63. The van der Waals surface area contributed by atoms with Crippen LogP contribution in [0.2, 0.25) is 0 Å². The SMILES string of the molecule is CCC(O)CNCCCOc1ccc(C(=C(c2ccccc2)c2ccccc2)c2ccccc2)cc1. The second kappa shape index (κ2) is 13.4. The van der Waals surface area contributed by atoms with Crippen LogP contribution in [-0.4, -0.2) is 30.9 Å². The van der Waals surface area contributed by atoms with Crippen LogP contribution in [0.5, 0.6) is 5.75 Å². The highest BCUT2D eigenvalue weighted by molar-refractivity contribution is 6.04. The number of aliphatic hydroxyl groups excluding tert-OH is 1. The zero-order valence-electron chi connectivity index (χ0n) is 20.9. The highest BCUT2D eigenvalue weighted by Crippen LogP contribution is 2.37. The molecule has 4 aromatic carbocycles. The zero-order chi connectivity index (χ0) is 25.0. The molecule has 0 amide bonds. The molecule has 0 bridgehead atoms. The van der Waals surface area contributed by atoms with Gasteiger partial charge in [-0.1, -0.05) is 110 Å². The van der Waals surface area contributed by atoms with Gasteiger partial charge in [0.1, 0.15) is 5.75 Å². The Bertz CT molecular complexity index is 1160. The molecule has 0 heterocycles. The zero-order valence-corrected chi connectivity index (χ0v) is 20.9. The van der Waals surface area contributed by atoms with Gasteiger partial charge in [-0.15, -0.1) is 0 Å². The van der Waals surface area contributed by atoms with Crippen molar-refractivity contribution >= 4 is 11.1 Å². The molecule has 0 saturated carbocycles. The number of rotatable bonds is 12. The van der Waals surface area contributed by atoms with Crippen molar-refractivity contribution in [2.75, 3.05) is 19.7 Å². The molecule has 0 radical (unpaired) electrons. The van der Waals surface area contributed by atoms with E-state index >= 15 is 0 Å². The maximum atomic E-state index is 9.63. The summed E-state index contributed by atoms with van der Waals surface area (Å²) in [5.41, 5.74) is 7.09. The molecule has 0 aliphatic carbocycles. The molecule has 4 aromatic rings. The number of hydrogen-bond acceptors (Lipinski definition) is 3. The molecular formula is C33H35NO2. The van der Waals surface area contributed by atoms with Crippen LogP contribution in [0.4, 0.5) is 0 Å². The largest absolute Gasteiger partial charge is 0.494 e. The van der Waals surface area contributed by atoms with Gasteiger partial charge in [0.25, 0.3) is 0 Å². The topological polar surface area (TPSA) is 41.5 Å². The smallest absolute Gasteiger partial charge is 0.119 e. The Morgan fingerprint density at radius 2 is 1.11 bits per heavy atom. The number of ether oxygens (including phenoxy) is 1. The molecule has 36 heavy (non-hydrogen) atoms. The van der Waals surface area contributed by atoms with Crippen LogP contribution in [0.15, 0.2) is 115 Å². The van der Waals surface area contributed by atoms with Gasteiger partial charge in [-0.3, -0.25) is 0 Å². The van der Waals surface area contributed by atoms with Crippen molar-refractivity contribution < 1.29 is 9.84 Å². The van der Waals surface area contributed by atoms with Gasteiger partial charge in [-0.2, -0.15) is 0 Å². The van der Waals surface area contributed by atoms with Crippen molar-refractivity contribution in [3.8, 4) is 5.75 Å². The van der Waals surface area contributed by atoms with E-state index in [0.29, 0.717) is 13.2 Å². The summed E-state index contributed by atoms with van der Waals surface area (Å²) < 4.78 is 5.99. The molecule has 3 heteroatoms. The van der Waals surface area contributed by atoms with Gasteiger partial charge >= 0.3 is 0 Å². The molecule has 0 aliphatic heterocycles. The number of benzene rings is 4. The summed E-state index contributed by atoms with van der Waals surface area (Å²) in [6.07, 6.45) is 1.38. The molecule has 4 rings (SSSR count). The minimum absolute atomic E-state index is 0.276. The highest BCUT2D eigenvalue weighted by atomic mass is 16.5. The van der Waals surface area contributed by atoms with Crippen molar-refractivity contribution in [1.82, 2.24) is 5.32 Å². The van der Waals surface area contributed by atoms with Crippen molar-refractivity contribution in [3.05, 3.63) is 138 Å². The second-order valence-corrected chi connectivity index (χ2v) is 8.84. The third-order valence-corrected chi connectivity index (χ3v) is 6.20. The predicted octanol–water partition coefficient (Wildman–Crippen LogP) is 6.82. The summed E-state index contributed by atoms with van der Waals surface area (Å²) in [5, 5.41) is 12.9. The van der Waals surface area contributed by atoms with Crippen LogP contribution in [-0.2, 0) is 0 Å².